The van der Waals surface area contributed by atoms with E-state index in [9.17, 15) is 42.9 Å². The van der Waals surface area contributed by atoms with E-state index < -0.39 is 24.5 Å². The van der Waals surface area contributed by atoms with Crippen molar-refractivity contribution in [1.29, 1.82) is 0 Å². The number of carbonyl (C=O) groups is 3. The van der Waals surface area contributed by atoms with Crippen LogP contribution in [0.2, 0.25) is 0 Å². The van der Waals surface area contributed by atoms with Gasteiger partial charge in [0.15, 0.2) is 5.82 Å². The van der Waals surface area contributed by atoms with Gasteiger partial charge in [0.25, 0.3) is 5.91 Å². The summed E-state index contributed by atoms with van der Waals surface area (Å²) in [5, 5.41) is 47.0. The van der Waals surface area contributed by atoms with Gasteiger partial charge in [0.05, 0.1) is 24.2 Å². The third-order valence-electron chi connectivity index (χ3n) is 15.9. The van der Waals surface area contributed by atoms with Crippen molar-refractivity contribution in [3.63, 3.8) is 0 Å². The number of halogens is 3. The minimum Gasteiger partial charge on any atom is -0.508 e. The largest absolute Gasteiger partial charge is 0.508 e. The number of ether oxygens (including phenoxy) is 1. The normalized spacial score (nSPS) is 15.2. The Kier molecular flexibility index (Phi) is 17.6. The van der Waals surface area contributed by atoms with Gasteiger partial charge in [0.1, 0.15) is 36.2 Å². The lowest BCUT2D eigenvalue weighted by atomic mass is 9.90. The Hall–Kier alpha value is -8.46. The Morgan fingerprint density at radius 2 is 1.51 bits per heavy atom. The van der Waals surface area contributed by atoms with Gasteiger partial charge in [-0.1, -0.05) is 81.4 Å². The van der Waals surface area contributed by atoms with Gasteiger partial charge in [-0.05, 0) is 109 Å². The summed E-state index contributed by atoms with van der Waals surface area (Å²) in [5.41, 5.74) is 7.22. The molecule has 2 saturated heterocycles. The quantitative estimate of drug-likeness (QED) is 0.0513. The summed E-state index contributed by atoms with van der Waals surface area (Å²) in [7, 11) is 0. The van der Waals surface area contributed by atoms with Crippen LogP contribution >= 0.6 is 0 Å². The topological polar surface area (TPSA) is 215 Å². The van der Waals surface area contributed by atoms with Crippen LogP contribution in [-0.4, -0.2) is 139 Å². The van der Waals surface area contributed by atoms with Crippen LogP contribution in [0.4, 0.5) is 24.7 Å². The summed E-state index contributed by atoms with van der Waals surface area (Å²) >= 11 is 0. The number of piperazine rings is 1. The third kappa shape index (κ3) is 13.9. The van der Waals surface area contributed by atoms with Crippen LogP contribution in [0.15, 0.2) is 97.1 Å². The summed E-state index contributed by atoms with van der Waals surface area (Å²) < 4.78 is 46.8. The van der Waals surface area contributed by atoms with Crippen molar-refractivity contribution < 1.29 is 47.6 Å². The van der Waals surface area contributed by atoms with Gasteiger partial charge in [0, 0.05) is 86.7 Å². The highest BCUT2D eigenvalue weighted by Gasteiger charge is 2.32. The van der Waals surface area contributed by atoms with E-state index in [-0.39, 0.29) is 65.4 Å². The average Bonchev–Trinajstić information content (AvgIpc) is 4.16. The molecule has 5 aromatic carbocycles. The molecule has 18 nitrogen and oxygen atoms in total. The van der Waals surface area contributed by atoms with Crippen LogP contribution in [0.25, 0.3) is 27.8 Å². The molecular formula is C62H70F3N11O7. The van der Waals surface area contributed by atoms with Crippen molar-refractivity contribution in [1.82, 2.24) is 45.2 Å². The van der Waals surface area contributed by atoms with Crippen LogP contribution in [0.5, 0.6) is 23.3 Å². The highest BCUT2D eigenvalue weighted by atomic mass is 19.4. The average molecular weight is 1140 g/mol. The van der Waals surface area contributed by atoms with E-state index in [0.717, 1.165) is 83.6 Å². The lowest BCUT2D eigenvalue weighted by molar-refractivity contribution is -0.131. The number of likely N-dealkylation sites (tertiary alicyclic amines) is 1. The number of alkyl halides is 3. The zero-order chi connectivity index (χ0) is 58.4. The lowest BCUT2D eigenvalue weighted by Gasteiger charge is -2.38. The minimum atomic E-state index is -4.65. The van der Waals surface area contributed by atoms with E-state index in [1.165, 1.54) is 22.3 Å². The second-order valence-electron chi connectivity index (χ2n) is 22.0. The number of rotatable bonds is 19. The summed E-state index contributed by atoms with van der Waals surface area (Å²) in [6, 6.07) is 30.3. The van der Waals surface area contributed by atoms with Crippen LogP contribution in [-0.2, 0) is 41.9 Å². The summed E-state index contributed by atoms with van der Waals surface area (Å²) in [4.78, 5) is 57.3. The van der Waals surface area contributed by atoms with Crippen molar-refractivity contribution in [3.05, 3.63) is 136 Å². The first-order valence-electron chi connectivity index (χ1n) is 28.5. The predicted octanol–water partition coefficient (Wildman–Crippen LogP) is 8.61. The molecule has 0 aliphatic carbocycles. The van der Waals surface area contributed by atoms with Crippen molar-refractivity contribution in [2.24, 2.45) is 5.92 Å². The maximum atomic E-state index is 13.1. The van der Waals surface area contributed by atoms with Crippen molar-refractivity contribution in [2.45, 2.75) is 90.9 Å². The van der Waals surface area contributed by atoms with Crippen LogP contribution in [0, 0.1) is 5.92 Å². The molecule has 0 spiro atoms. The number of phenolic OH excluding ortho intramolecular Hbond substituents is 3. The number of nitrogens with zero attached hydrogens (tertiary/aromatic N) is 9. The monoisotopic (exact) mass is 1140 g/mol. The number of benzene rings is 5. The van der Waals surface area contributed by atoms with E-state index in [4.69, 9.17) is 14.7 Å². The number of anilines is 2. The molecule has 3 aliphatic heterocycles. The Morgan fingerprint density at radius 3 is 2.23 bits per heavy atom. The van der Waals surface area contributed by atoms with E-state index in [1.54, 1.807) is 24.3 Å². The smallest absolute Gasteiger partial charge is 0.405 e. The minimum absolute atomic E-state index is 0.0253. The molecular weight excluding hydrogens is 1070 g/mol. The van der Waals surface area contributed by atoms with Crippen LogP contribution in [0.1, 0.15) is 96.5 Å². The lowest BCUT2D eigenvalue weighted by Crippen LogP contribution is -2.49. The number of nitrogens with one attached hydrogen (secondary N) is 2. The second-order valence-corrected chi connectivity index (χ2v) is 22.0. The van der Waals surface area contributed by atoms with Gasteiger partial charge in [-0.2, -0.15) is 23.1 Å². The first kappa shape index (κ1) is 57.8. The molecule has 2 fully saturated rings. The van der Waals surface area contributed by atoms with Gasteiger partial charge >= 0.3 is 12.2 Å². The highest BCUT2D eigenvalue weighted by molar-refractivity contribution is 5.96. The summed E-state index contributed by atoms with van der Waals surface area (Å²) in [6.45, 7) is 10.9. The first-order chi connectivity index (χ1) is 40.0. The standard InChI is InChI=1S/C62H70F3N11O7/c1-4-56(81)73-26-28-74(29-27-73)57-48-20-25-75(52-33-46(77)32-44-7-5-6-8-47(44)52)37-51(48)68-61(69-57)83-30-21-55(80)66-22-17-40-9-11-43(12-10-40)36-72-23-18-42(19-24-72)31-41-13-15-45(16-14-41)76-58(50-34-49(39(2)3)53(78)35-54(50)79)70-71-59(76)60(82)67-38-62(63,64)65/h5-16,32-35,39,42,77-79H,4,17-31,36-38H2,1-3H3,(H,66,80)(H,67,82). The number of carbonyl (C=O) groups excluding carboxylic acids is 3. The summed E-state index contributed by atoms with van der Waals surface area (Å²) in [5.74, 6) is -0.645. The number of aromatic nitrogens is 5. The molecule has 0 atom stereocenters. The van der Waals surface area contributed by atoms with Crippen LogP contribution < -0.4 is 25.2 Å². The van der Waals surface area contributed by atoms with Crippen molar-refractivity contribution in [2.75, 3.05) is 75.3 Å². The number of aromatic hydroxyl groups is 3. The molecule has 5 N–H and O–H groups in total. The van der Waals surface area contributed by atoms with Gasteiger partial charge in [-0.25, -0.2) is 0 Å². The van der Waals surface area contributed by atoms with E-state index >= 15 is 0 Å². The molecule has 436 valence electrons. The SMILES string of the molecule is CCC(=O)N1CCN(c2nc(OCCC(=O)NCCc3ccc(CN4CCC(Cc5ccc(-n6c(C(=O)NCC(F)(F)F)nnc6-c6cc(C(C)C)c(O)cc6O)cc5)CC4)cc3)nc3c2CCN(c2cc(O)cc4ccccc24)C3)CC1. The fourth-order valence-corrected chi connectivity index (χ4v) is 11.4. The molecule has 0 bridgehead atoms. The fraction of sp³-hybridized carbons (Fsp3) is 0.403. The molecule has 3 amide bonds. The Labute approximate surface area is 479 Å². The number of phenols is 3. The van der Waals surface area contributed by atoms with Crippen molar-refractivity contribution in [3.8, 4) is 40.3 Å². The van der Waals surface area contributed by atoms with Crippen LogP contribution in [0.3, 0.4) is 0 Å². The molecule has 0 saturated carbocycles. The number of hydrogen-bond donors (Lipinski definition) is 5. The Bertz CT molecular complexity index is 3450. The third-order valence-corrected chi connectivity index (χ3v) is 15.9. The van der Waals surface area contributed by atoms with E-state index in [2.05, 4.69) is 60.5 Å². The van der Waals surface area contributed by atoms with Gasteiger partial charge < -0.3 is 45.4 Å². The Balaban J connectivity index is 0.693. The number of amides is 3. The second kappa shape index (κ2) is 25.4. The molecule has 3 aliphatic rings. The zero-order valence-electron chi connectivity index (χ0n) is 47.0. The van der Waals surface area contributed by atoms with Gasteiger partial charge in [-0.15, -0.1) is 10.2 Å². The molecule has 2 aromatic heterocycles. The van der Waals surface area contributed by atoms with Crippen molar-refractivity contribution >= 4 is 40.0 Å². The van der Waals surface area contributed by atoms with Gasteiger partial charge in [0.2, 0.25) is 17.6 Å². The molecule has 0 radical (unpaired) electrons. The molecule has 83 heavy (non-hydrogen) atoms. The molecule has 10 rings (SSSR count). The first-order valence-corrected chi connectivity index (χ1v) is 28.5. The number of fused-ring (bicyclic) bond motifs is 2. The predicted molar refractivity (Wildman–Crippen MR) is 309 cm³/mol. The molecule has 21 heteroatoms. The number of hydrogen-bond acceptors (Lipinski definition) is 14. The molecule has 5 heterocycles. The molecule has 0 unspecified atom stereocenters. The molecule has 7 aromatic rings. The highest BCUT2D eigenvalue weighted by Crippen LogP contribution is 2.40. The number of piperidine rings is 1. The summed E-state index contributed by atoms with van der Waals surface area (Å²) in [6.07, 6.45) is 0.0766. The Morgan fingerprint density at radius 1 is 0.783 bits per heavy atom. The maximum absolute atomic E-state index is 13.1. The zero-order valence-corrected chi connectivity index (χ0v) is 47.0. The van der Waals surface area contributed by atoms with E-state index in [0.29, 0.717) is 82.2 Å². The van der Waals surface area contributed by atoms with Gasteiger partial charge in [-0.3, -0.25) is 23.9 Å². The fourth-order valence-electron chi connectivity index (χ4n) is 11.4. The van der Waals surface area contributed by atoms with E-state index in [1.807, 2.05) is 61.3 Å². The maximum Gasteiger partial charge on any atom is 0.405 e.